The molecule has 5 nitrogen and oxygen atoms in total. The zero-order chi connectivity index (χ0) is 21.9. The summed E-state index contributed by atoms with van der Waals surface area (Å²) in [6.07, 6.45) is -0.339. The first-order chi connectivity index (χ1) is 13.5. The first-order valence-electron chi connectivity index (χ1n) is 8.09. The molecule has 0 saturated heterocycles. The number of hydrogen-bond acceptors (Lipinski definition) is 5. The molecule has 1 N–H and O–H groups in total. The minimum Gasteiger partial charge on any atom is -0.507 e. The van der Waals surface area contributed by atoms with Crippen LogP contribution in [0.5, 0.6) is 5.75 Å². The topological polar surface area (TPSA) is 84.6 Å². The van der Waals surface area contributed by atoms with Crippen LogP contribution in [-0.2, 0) is 4.79 Å². The number of aromatic hydroxyl groups is 1. The number of Topliss-reactive ketones (excluding diaryl/α,β-unsaturated/α-hetero) is 2. The van der Waals surface area contributed by atoms with Crippen LogP contribution in [0.2, 0.25) is 0 Å². The Balaban J connectivity index is 0.000000291. The largest absolute Gasteiger partial charge is 0.507 e. The Labute approximate surface area is 192 Å². The van der Waals surface area contributed by atoms with Gasteiger partial charge in [-0.15, -0.1) is 12.4 Å². The van der Waals surface area contributed by atoms with Gasteiger partial charge < -0.3 is 9.52 Å². The van der Waals surface area contributed by atoms with E-state index in [1.165, 1.54) is 25.1 Å². The predicted octanol–water partition coefficient (Wildman–Crippen LogP) is 5.88. The van der Waals surface area contributed by atoms with E-state index in [-0.39, 0.29) is 51.2 Å². The summed E-state index contributed by atoms with van der Waals surface area (Å²) in [6, 6.07) is 5.97. The second-order valence-corrected chi connectivity index (χ2v) is 7.78. The van der Waals surface area contributed by atoms with Crippen molar-refractivity contribution in [2.24, 2.45) is 0 Å². The lowest BCUT2D eigenvalue weighted by molar-refractivity contribution is -0.116. The van der Waals surface area contributed by atoms with Gasteiger partial charge in [0.15, 0.2) is 11.2 Å². The number of benzene rings is 2. The summed E-state index contributed by atoms with van der Waals surface area (Å²) in [5.74, 6) is -1.86. The third-order valence-electron chi connectivity index (χ3n) is 3.64. The molecule has 0 unspecified atom stereocenters. The molecule has 0 aliphatic heterocycles. The van der Waals surface area contributed by atoms with Gasteiger partial charge >= 0.3 is 0 Å². The van der Waals surface area contributed by atoms with Gasteiger partial charge in [0.2, 0.25) is 0 Å². The molecule has 0 spiro atoms. The Hall–Kier alpha value is -2.10. The number of phenols is 1. The second kappa shape index (κ2) is 10.8. The fourth-order valence-corrected chi connectivity index (χ4v) is 3.01. The summed E-state index contributed by atoms with van der Waals surface area (Å²) in [4.78, 5) is 33.5. The summed E-state index contributed by atoms with van der Waals surface area (Å²) in [5, 5.41) is 9.63. The van der Waals surface area contributed by atoms with E-state index in [9.17, 15) is 28.3 Å². The van der Waals surface area contributed by atoms with Gasteiger partial charge in [0.1, 0.15) is 34.5 Å². The van der Waals surface area contributed by atoms with E-state index in [4.69, 9.17) is 4.42 Å². The maximum absolute atomic E-state index is 13.1. The van der Waals surface area contributed by atoms with Gasteiger partial charge in [0, 0.05) is 6.07 Å². The van der Waals surface area contributed by atoms with E-state index in [1.54, 1.807) is 6.92 Å². The molecule has 0 radical (unpaired) electrons. The molecular weight excluding hydrogens is 553 g/mol. The van der Waals surface area contributed by atoms with Crippen LogP contribution in [0.4, 0.5) is 8.78 Å². The van der Waals surface area contributed by atoms with Crippen molar-refractivity contribution in [3.63, 3.8) is 0 Å². The molecule has 160 valence electrons. The highest BCUT2D eigenvalue weighted by molar-refractivity contribution is 9.10. The van der Waals surface area contributed by atoms with E-state index in [0.29, 0.717) is 15.8 Å². The Bertz CT molecular complexity index is 1180. The number of aryl methyl sites for hydroxylation is 1. The standard InChI is InChI=1S/C10H8BrFO3.C10H6BrFO2.ClH/c1-5(13)2-9(14)6-3-8(12)7(11)4-10(6)15;1-5-2-9(13)6-3-8(12)7(11)4-10(6)14-5;/h3-4,15H,2H2,1H3;2-4H,1H3;1H. The molecule has 3 aromatic rings. The van der Waals surface area contributed by atoms with E-state index < -0.39 is 17.4 Å². The summed E-state index contributed by atoms with van der Waals surface area (Å²) < 4.78 is 31.8. The van der Waals surface area contributed by atoms with Crippen molar-refractivity contribution >= 4 is 66.8 Å². The first kappa shape index (κ1) is 25.9. The molecule has 0 aliphatic carbocycles. The fraction of sp³-hybridized carbons (Fsp3) is 0.150. The van der Waals surface area contributed by atoms with E-state index in [1.807, 2.05) is 0 Å². The number of halogens is 5. The van der Waals surface area contributed by atoms with Gasteiger partial charge in [-0.2, -0.15) is 0 Å². The molecule has 1 heterocycles. The molecule has 0 saturated carbocycles. The van der Waals surface area contributed by atoms with Gasteiger partial charge in [-0.3, -0.25) is 14.4 Å². The lowest BCUT2D eigenvalue weighted by atomic mass is 10.1. The fourth-order valence-electron chi connectivity index (χ4n) is 2.35. The Morgan fingerprint density at radius 2 is 1.60 bits per heavy atom. The smallest absolute Gasteiger partial charge is 0.193 e. The average Bonchev–Trinajstić information content (AvgIpc) is 2.60. The maximum atomic E-state index is 13.1. The van der Waals surface area contributed by atoms with Crippen LogP contribution in [0, 0.1) is 18.6 Å². The summed E-state index contributed by atoms with van der Waals surface area (Å²) in [6.45, 7) is 2.93. The SMILES string of the molecule is CC(=O)CC(=O)c1cc(F)c(Br)cc1O.Cc1cc(=O)c2cc(F)c(Br)cc2o1.Cl. The van der Waals surface area contributed by atoms with Gasteiger partial charge in [-0.25, -0.2) is 8.78 Å². The monoisotopic (exact) mass is 566 g/mol. The van der Waals surface area contributed by atoms with Gasteiger partial charge in [-0.1, -0.05) is 0 Å². The highest BCUT2D eigenvalue weighted by atomic mass is 79.9. The van der Waals surface area contributed by atoms with Gasteiger partial charge in [-0.05, 0) is 70.0 Å². The lowest BCUT2D eigenvalue weighted by Crippen LogP contribution is -2.05. The second-order valence-electron chi connectivity index (χ2n) is 6.07. The summed E-state index contributed by atoms with van der Waals surface area (Å²) >= 11 is 5.90. The number of ketones is 2. The lowest BCUT2D eigenvalue weighted by Gasteiger charge is -2.03. The van der Waals surface area contributed by atoms with Crippen LogP contribution in [0.3, 0.4) is 0 Å². The number of carbonyl (C=O) groups is 2. The number of rotatable bonds is 3. The average molecular weight is 569 g/mol. The Morgan fingerprint density at radius 3 is 2.20 bits per heavy atom. The van der Waals surface area contributed by atoms with Gasteiger partial charge in [0.25, 0.3) is 0 Å². The zero-order valence-corrected chi connectivity index (χ0v) is 19.6. The van der Waals surface area contributed by atoms with E-state index in [0.717, 1.165) is 12.1 Å². The minimum absolute atomic E-state index is 0. The highest BCUT2D eigenvalue weighted by Crippen LogP contribution is 2.26. The van der Waals surface area contributed by atoms with Crippen LogP contribution < -0.4 is 5.43 Å². The molecular formula is C20H15Br2ClF2O5. The first-order valence-corrected chi connectivity index (χ1v) is 9.68. The third kappa shape index (κ3) is 6.45. The highest BCUT2D eigenvalue weighted by Gasteiger charge is 2.16. The number of fused-ring (bicyclic) bond motifs is 1. The Kier molecular flexibility index (Phi) is 9.33. The van der Waals surface area contributed by atoms with Crippen molar-refractivity contribution in [2.45, 2.75) is 20.3 Å². The summed E-state index contributed by atoms with van der Waals surface area (Å²) in [7, 11) is 0. The maximum Gasteiger partial charge on any atom is 0.193 e. The molecule has 0 amide bonds. The zero-order valence-electron chi connectivity index (χ0n) is 15.6. The van der Waals surface area contributed by atoms with Crippen LogP contribution in [-0.4, -0.2) is 16.7 Å². The van der Waals surface area contributed by atoms with Crippen LogP contribution >= 0.6 is 44.3 Å². The predicted molar refractivity (Wildman–Crippen MR) is 118 cm³/mol. The number of phenolic OH excluding ortho intramolecular Hbond substituents is 1. The molecule has 10 heteroatoms. The number of hydrogen-bond donors (Lipinski definition) is 1. The van der Waals surface area contributed by atoms with Gasteiger partial charge in [0.05, 0.1) is 26.3 Å². The van der Waals surface area contributed by atoms with E-state index in [2.05, 4.69) is 31.9 Å². The van der Waals surface area contributed by atoms with Crippen molar-refractivity contribution < 1.29 is 27.9 Å². The van der Waals surface area contributed by atoms with Crippen LogP contribution in [0.15, 0.2) is 48.5 Å². The van der Waals surface area contributed by atoms with Crippen molar-refractivity contribution in [2.75, 3.05) is 0 Å². The van der Waals surface area contributed by atoms with Crippen molar-refractivity contribution in [1.29, 1.82) is 0 Å². The third-order valence-corrected chi connectivity index (χ3v) is 4.86. The summed E-state index contributed by atoms with van der Waals surface area (Å²) in [5.41, 5.74) is -0.00988. The molecule has 3 rings (SSSR count). The molecule has 2 aromatic carbocycles. The normalized spacial score (nSPS) is 10.1. The van der Waals surface area contributed by atoms with Crippen molar-refractivity contribution in [3.8, 4) is 5.75 Å². The van der Waals surface area contributed by atoms with Crippen LogP contribution in [0.25, 0.3) is 11.0 Å². The molecule has 1 aromatic heterocycles. The minimum atomic E-state index is -0.653. The Morgan fingerprint density at radius 1 is 1.03 bits per heavy atom. The number of carbonyl (C=O) groups excluding carboxylic acids is 2. The molecule has 0 bridgehead atoms. The molecule has 30 heavy (non-hydrogen) atoms. The molecule has 0 aliphatic rings. The molecule has 0 fully saturated rings. The van der Waals surface area contributed by atoms with Crippen molar-refractivity contribution in [1.82, 2.24) is 0 Å². The van der Waals surface area contributed by atoms with Crippen molar-refractivity contribution in [3.05, 3.63) is 72.5 Å². The van der Waals surface area contributed by atoms with Crippen LogP contribution in [0.1, 0.15) is 29.5 Å². The van der Waals surface area contributed by atoms with E-state index >= 15 is 0 Å². The quantitative estimate of drug-likeness (QED) is 0.315. The molecule has 0 atom stereocenters.